The molecule has 5 nitrogen and oxygen atoms in total. The first kappa shape index (κ1) is 14.8. The van der Waals surface area contributed by atoms with Gasteiger partial charge >= 0.3 is 6.03 Å². The highest BCUT2D eigenvalue weighted by molar-refractivity contribution is 5.89. The molecule has 1 aromatic heterocycles. The van der Waals surface area contributed by atoms with E-state index < -0.39 is 0 Å². The Morgan fingerprint density at radius 2 is 2.40 bits per heavy atom. The highest BCUT2D eigenvalue weighted by Crippen LogP contribution is 2.29. The fraction of sp³-hybridized carbons (Fsp3) is 0.600. The van der Waals surface area contributed by atoms with Crippen LogP contribution in [-0.2, 0) is 4.74 Å². The second-order valence-electron chi connectivity index (χ2n) is 5.33. The Bertz CT molecular complexity index is 424. The summed E-state index contributed by atoms with van der Waals surface area (Å²) in [7, 11) is 1.66. The van der Waals surface area contributed by atoms with E-state index in [0.29, 0.717) is 25.1 Å². The molecular formula is C15H23N3O2. The second-order valence-corrected chi connectivity index (χ2v) is 5.33. The third-order valence-electron chi connectivity index (χ3n) is 3.93. The normalized spacial score (nSPS) is 21.7. The number of carbonyl (C=O) groups excluding carboxylic acids is 1. The van der Waals surface area contributed by atoms with Crippen LogP contribution in [0.5, 0.6) is 0 Å². The summed E-state index contributed by atoms with van der Waals surface area (Å²) in [6, 6.07) is 3.90. The first-order valence-electron chi connectivity index (χ1n) is 7.19. The van der Waals surface area contributed by atoms with Crippen LogP contribution in [0.1, 0.15) is 26.2 Å². The predicted octanol–water partition coefficient (Wildman–Crippen LogP) is 2.75. The quantitative estimate of drug-likeness (QED) is 0.900. The number of nitrogens with zero attached hydrogens (tertiary/aromatic N) is 2. The Labute approximate surface area is 120 Å². The van der Waals surface area contributed by atoms with Gasteiger partial charge in [0, 0.05) is 25.9 Å². The molecule has 0 aromatic carbocycles. The van der Waals surface area contributed by atoms with Gasteiger partial charge in [-0.25, -0.2) is 4.79 Å². The molecule has 1 aromatic rings. The van der Waals surface area contributed by atoms with Gasteiger partial charge in [-0.3, -0.25) is 4.98 Å². The fourth-order valence-electron chi connectivity index (χ4n) is 2.83. The van der Waals surface area contributed by atoms with Crippen molar-refractivity contribution in [2.45, 2.75) is 32.2 Å². The maximum Gasteiger partial charge on any atom is 0.322 e. The molecule has 0 radical (unpaired) electrons. The number of hydrogen-bond donors (Lipinski definition) is 1. The van der Waals surface area contributed by atoms with Crippen molar-refractivity contribution in [3.8, 4) is 0 Å². The van der Waals surface area contributed by atoms with Crippen LogP contribution < -0.4 is 5.32 Å². The number of pyridine rings is 1. The number of anilines is 1. The van der Waals surface area contributed by atoms with Crippen LogP contribution in [0.4, 0.5) is 10.5 Å². The number of rotatable bonds is 5. The van der Waals surface area contributed by atoms with E-state index in [1.54, 1.807) is 19.5 Å². The first-order valence-corrected chi connectivity index (χ1v) is 7.19. The molecule has 1 heterocycles. The summed E-state index contributed by atoms with van der Waals surface area (Å²) in [4.78, 5) is 18.4. The largest absolute Gasteiger partial charge is 0.383 e. The van der Waals surface area contributed by atoms with Crippen LogP contribution in [0.15, 0.2) is 24.5 Å². The Morgan fingerprint density at radius 3 is 3.00 bits per heavy atom. The van der Waals surface area contributed by atoms with Gasteiger partial charge in [-0.2, -0.15) is 0 Å². The van der Waals surface area contributed by atoms with Crippen molar-refractivity contribution >= 4 is 11.7 Å². The van der Waals surface area contributed by atoms with Crippen LogP contribution in [0.25, 0.3) is 0 Å². The molecule has 0 bridgehead atoms. The van der Waals surface area contributed by atoms with E-state index in [1.165, 1.54) is 12.8 Å². The van der Waals surface area contributed by atoms with Crippen LogP contribution in [0.2, 0.25) is 0 Å². The maximum absolute atomic E-state index is 12.5. The van der Waals surface area contributed by atoms with E-state index >= 15 is 0 Å². The number of hydrogen-bond acceptors (Lipinski definition) is 3. The van der Waals surface area contributed by atoms with Gasteiger partial charge in [-0.15, -0.1) is 0 Å². The van der Waals surface area contributed by atoms with Crippen molar-refractivity contribution in [1.82, 2.24) is 9.88 Å². The molecule has 0 unspecified atom stereocenters. The highest BCUT2D eigenvalue weighted by atomic mass is 16.5. The summed E-state index contributed by atoms with van der Waals surface area (Å²) in [5, 5.41) is 2.92. The molecule has 2 amide bonds. The van der Waals surface area contributed by atoms with Crippen LogP contribution in [0.3, 0.4) is 0 Å². The van der Waals surface area contributed by atoms with Gasteiger partial charge < -0.3 is 15.0 Å². The average Bonchev–Trinajstić information content (AvgIpc) is 2.87. The molecule has 1 N–H and O–H groups in total. The Hall–Kier alpha value is -1.62. The number of carbonyl (C=O) groups is 1. The summed E-state index contributed by atoms with van der Waals surface area (Å²) >= 11 is 0. The number of urea groups is 1. The zero-order valence-corrected chi connectivity index (χ0v) is 12.2. The number of ether oxygens (including phenoxy) is 1. The van der Waals surface area contributed by atoms with Crippen molar-refractivity contribution in [3.05, 3.63) is 24.5 Å². The molecule has 1 saturated carbocycles. The van der Waals surface area contributed by atoms with Crippen LogP contribution in [-0.4, -0.2) is 42.2 Å². The number of nitrogens with one attached hydrogen (secondary N) is 1. The third kappa shape index (κ3) is 3.70. The zero-order chi connectivity index (χ0) is 14.4. The van der Waals surface area contributed by atoms with Crippen LogP contribution >= 0.6 is 0 Å². The van der Waals surface area contributed by atoms with Gasteiger partial charge in [0.25, 0.3) is 0 Å². The highest BCUT2D eigenvalue weighted by Gasteiger charge is 2.31. The minimum absolute atomic E-state index is 0.0613. The summed E-state index contributed by atoms with van der Waals surface area (Å²) in [5.41, 5.74) is 0.727. The maximum atomic E-state index is 12.5. The molecule has 1 aliphatic rings. The molecule has 2 atom stereocenters. The van der Waals surface area contributed by atoms with Gasteiger partial charge in [-0.05, 0) is 30.9 Å². The number of amides is 2. The Morgan fingerprint density at radius 1 is 1.55 bits per heavy atom. The van der Waals surface area contributed by atoms with Crippen molar-refractivity contribution in [3.63, 3.8) is 0 Å². The van der Waals surface area contributed by atoms with Crippen molar-refractivity contribution in [2.75, 3.05) is 25.6 Å². The van der Waals surface area contributed by atoms with E-state index in [-0.39, 0.29) is 6.03 Å². The molecule has 20 heavy (non-hydrogen) atoms. The first-order chi connectivity index (χ1) is 9.72. The monoisotopic (exact) mass is 277 g/mol. The molecule has 2 rings (SSSR count). The number of aromatic nitrogens is 1. The zero-order valence-electron chi connectivity index (χ0n) is 12.2. The Kier molecular flexibility index (Phi) is 5.35. The second kappa shape index (κ2) is 7.24. The molecule has 1 aliphatic carbocycles. The van der Waals surface area contributed by atoms with Gasteiger partial charge in [0.2, 0.25) is 0 Å². The fourth-order valence-corrected chi connectivity index (χ4v) is 2.83. The summed E-state index contributed by atoms with van der Waals surface area (Å²) in [5.74, 6) is 0.548. The lowest BCUT2D eigenvalue weighted by Crippen LogP contribution is -2.45. The minimum Gasteiger partial charge on any atom is -0.383 e. The lowest BCUT2D eigenvalue weighted by atomic mass is 10.1. The predicted molar refractivity (Wildman–Crippen MR) is 78.6 cm³/mol. The van der Waals surface area contributed by atoms with Crippen LogP contribution in [0, 0.1) is 5.92 Å². The van der Waals surface area contributed by atoms with Crippen molar-refractivity contribution in [2.24, 2.45) is 5.92 Å². The standard InChI is InChI=1S/C15H23N3O2/c1-12-5-3-7-14(12)18(9-10-20-2)15(19)17-13-6-4-8-16-11-13/h4,6,8,11-12,14H,3,5,7,9-10H2,1-2H3,(H,17,19)/t12-,14-/m0/s1. The van der Waals surface area contributed by atoms with Gasteiger partial charge in [0.1, 0.15) is 0 Å². The van der Waals surface area contributed by atoms with E-state index in [2.05, 4.69) is 17.2 Å². The molecular weight excluding hydrogens is 254 g/mol. The summed E-state index contributed by atoms with van der Waals surface area (Å²) in [6.07, 6.45) is 6.80. The number of methoxy groups -OCH3 is 1. The molecule has 5 heteroatoms. The third-order valence-corrected chi connectivity index (χ3v) is 3.93. The lowest BCUT2D eigenvalue weighted by molar-refractivity contribution is 0.126. The molecule has 0 spiro atoms. The van der Waals surface area contributed by atoms with E-state index in [9.17, 15) is 4.79 Å². The smallest absolute Gasteiger partial charge is 0.322 e. The van der Waals surface area contributed by atoms with Crippen molar-refractivity contribution < 1.29 is 9.53 Å². The van der Waals surface area contributed by atoms with Gasteiger partial charge in [0.15, 0.2) is 0 Å². The summed E-state index contributed by atoms with van der Waals surface area (Å²) < 4.78 is 5.13. The van der Waals surface area contributed by atoms with Gasteiger partial charge in [-0.1, -0.05) is 13.3 Å². The Balaban J connectivity index is 2.03. The van der Waals surface area contributed by atoms with Gasteiger partial charge in [0.05, 0.1) is 18.5 Å². The molecule has 1 fully saturated rings. The lowest BCUT2D eigenvalue weighted by Gasteiger charge is -2.31. The van der Waals surface area contributed by atoms with Crippen molar-refractivity contribution in [1.29, 1.82) is 0 Å². The minimum atomic E-state index is -0.0613. The molecule has 110 valence electrons. The van der Waals surface area contributed by atoms with E-state index in [1.807, 2.05) is 17.0 Å². The molecule has 0 saturated heterocycles. The summed E-state index contributed by atoms with van der Waals surface area (Å²) in [6.45, 7) is 3.40. The van der Waals surface area contributed by atoms with E-state index in [0.717, 1.165) is 12.1 Å². The molecule has 0 aliphatic heterocycles. The van der Waals surface area contributed by atoms with E-state index in [4.69, 9.17) is 4.74 Å². The topological polar surface area (TPSA) is 54.5 Å². The average molecular weight is 277 g/mol. The SMILES string of the molecule is COCCN(C(=O)Nc1cccnc1)[C@H]1CCC[C@@H]1C.